The quantitative estimate of drug-likeness (QED) is 0.241. The number of carbonyl (C=O) groups is 1. The SMILES string of the molecule is O=C1NC(=Nc2ccc(Cl)cc2)S/C1=C\c1ccc(OCc2ccc([N+](=O)[O-])cc2)c(Cl)c1. The van der Waals surface area contributed by atoms with Crippen LogP contribution >= 0.6 is 35.0 Å². The van der Waals surface area contributed by atoms with E-state index in [1.807, 2.05) is 0 Å². The van der Waals surface area contributed by atoms with Crippen molar-refractivity contribution in [3.8, 4) is 5.75 Å². The van der Waals surface area contributed by atoms with Gasteiger partial charge in [-0.15, -0.1) is 0 Å². The van der Waals surface area contributed by atoms with Crippen LogP contribution in [0.15, 0.2) is 76.6 Å². The Labute approximate surface area is 203 Å². The van der Waals surface area contributed by atoms with Gasteiger partial charge in [-0.2, -0.15) is 0 Å². The molecule has 166 valence electrons. The van der Waals surface area contributed by atoms with E-state index in [0.29, 0.717) is 31.6 Å². The van der Waals surface area contributed by atoms with Gasteiger partial charge >= 0.3 is 0 Å². The van der Waals surface area contributed by atoms with Gasteiger partial charge < -0.3 is 10.1 Å². The second-order valence-corrected chi connectivity index (χ2v) is 8.73. The third kappa shape index (κ3) is 5.92. The van der Waals surface area contributed by atoms with E-state index in [1.165, 1.54) is 23.9 Å². The average Bonchev–Trinajstić information content (AvgIpc) is 3.13. The van der Waals surface area contributed by atoms with E-state index < -0.39 is 4.92 Å². The number of ether oxygens (including phenoxy) is 1. The van der Waals surface area contributed by atoms with Gasteiger partial charge in [0.1, 0.15) is 12.4 Å². The van der Waals surface area contributed by atoms with Gasteiger partial charge in [0, 0.05) is 17.2 Å². The fourth-order valence-electron chi connectivity index (χ4n) is 2.86. The molecule has 1 aliphatic heterocycles. The molecule has 1 N–H and O–H groups in total. The molecule has 4 rings (SSSR count). The highest BCUT2D eigenvalue weighted by Gasteiger charge is 2.24. The van der Waals surface area contributed by atoms with Gasteiger partial charge in [-0.25, -0.2) is 4.99 Å². The number of hydrogen-bond acceptors (Lipinski definition) is 6. The number of benzene rings is 3. The Morgan fingerprint density at radius 1 is 1.06 bits per heavy atom. The Morgan fingerprint density at radius 3 is 2.45 bits per heavy atom. The number of rotatable bonds is 6. The van der Waals surface area contributed by atoms with Crippen LogP contribution in [0.25, 0.3) is 6.08 Å². The molecule has 1 amide bonds. The number of non-ortho nitro benzene ring substituents is 1. The number of nitro groups is 1. The summed E-state index contributed by atoms with van der Waals surface area (Å²) in [6, 6.07) is 18.3. The Balaban J connectivity index is 1.42. The molecule has 0 unspecified atom stereocenters. The largest absolute Gasteiger partial charge is 0.487 e. The summed E-state index contributed by atoms with van der Waals surface area (Å²) in [5.41, 5.74) is 2.20. The first kappa shape index (κ1) is 22.8. The molecule has 3 aromatic carbocycles. The third-order valence-corrected chi connectivity index (χ3v) is 5.96. The fraction of sp³-hybridized carbons (Fsp3) is 0.0435. The summed E-state index contributed by atoms with van der Waals surface area (Å²) in [5, 5.41) is 14.9. The van der Waals surface area contributed by atoms with Crippen molar-refractivity contribution in [2.75, 3.05) is 0 Å². The Kier molecular flexibility index (Phi) is 6.98. The molecule has 0 radical (unpaired) electrons. The van der Waals surface area contributed by atoms with Gasteiger partial charge in [0.25, 0.3) is 11.6 Å². The van der Waals surface area contributed by atoms with Crippen LogP contribution in [0.1, 0.15) is 11.1 Å². The van der Waals surface area contributed by atoms with Crippen LogP contribution in [0.5, 0.6) is 5.75 Å². The average molecular weight is 500 g/mol. The van der Waals surface area contributed by atoms with Gasteiger partial charge in [0.05, 0.1) is 20.5 Å². The van der Waals surface area contributed by atoms with Gasteiger partial charge in [-0.1, -0.05) is 29.3 Å². The molecule has 33 heavy (non-hydrogen) atoms. The first-order chi connectivity index (χ1) is 15.9. The molecular weight excluding hydrogens is 485 g/mol. The molecule has 7 nitrogen and oxygen atoms in total. The maximum atomic E-state index is 12.3. The molecule has 1 fully saturated rings. The van der Waals surface area contributed by atoms with Crippen molar-refractivity contribution in [2.24, 2.45) is 4.99 Å². The second kappa shape index (κ2) is 10.1. The summed E-state index contributed by atoms with van der Waals surface area (Å²) < 4.78 is 5.73. The van der Waals surface area contributed by atoms with Gasteiger partial charge in [0.15, 0.2) is 5.17 Å². The zero-order chi connectivity index (χ0) is 23.4. The minimum atomic E-state index is -0.454. The van der Waals surface area contributed by atoms with Crippen molar-refractivity contribution in [3.05, 3.63) is 103 Å². The molecule has 0 saturated carbocycles. The molecule has 10 heteroatoms. The van der Waals surface area contributed by atoms with Crippen molar-refractivity contribution in [3.63, 3.8) is 0 Å². The van der Waals surface area contributed by atoms with Crippen LogP contribution in [0.3, 0.4) is 0 Å². The van der Waals surface area contributed by atoms with E-state index in [0.717, 1.165) is 11.1 Å². The number of amides is 1. The fourth-order valence-corrected chi connectivity index (χ4v) is 4.08. The van der Waals surface area contributed by atoms with Gasteiger partial charge in [-0.05, 0) is 77.5 Å². The number of carbonyl (C=O) groups excluding carboxylic acids is 1. The van der Waals surface area contributed by atoms with Crippen LogP contribution in [-0.2, 0) is 11.4 Å². The lowest BCUT2D eigenvalue weighted by Crippen LogP contribution is -2.19. The monoisotopic (exact) mass is 499 g/mol. The van der Waals surface area contributed by atoms with Crippen LogP contribution in [0.2, 0.25) is 10.0 Å². The summed E-state index contributed by atoms with van der Waals surface area (Å²) in [6.45, 7) is 0.209. The van der Waals surface area contributed by atoms with E-state index in [4.69, 9.17) is 27.9 Å². The Bertz CT molecular complexity index is 1280. The van der Waals surface area contributed by atoms with Crippen LogP contribution in [-0.4, -0.2) is 16.0 Å². The van der Waals surface area contributed by atoms with Crippen LogP contribution in [0, 0.1) is 10.1 Å². The van der Waals surface area contributed by atoms with Crippen molar-refractivity contribution >= 4 is 63.5 Å². The second-order valence-electron chi connectivity index (χ2n) is 6.86. The first-order valence-corrected chi connectivity index (χ1v) is 11.2. The Morgan fingerprint density at radius 2 is 1.79 bits per heavy atom. The number of nitrogens with zero attached hydrogens (tertiary/aromatic N) is 2. The van der Waals surface area contributed by atoms with Crippen molar-refractivity contribution in [1.82, 2.24) is 5.32 Å². The van der Waals surface area contributed by atoms with Gasteiger partial charge in [0.2, 0.25) is 0 Å². The molecule has 0 aliphatic carbocycles. The third-order valence-electron chi connectivity index (χ3n) is 4.50. The number of hydrogen-bond donors (Lipinski definition) is 1. The predicted octanol–water partition coefficient (Wildman–Crippen LogP) is 6.37. The van der Waals surface area contributed by atoms with Crippen LogP contribution in [0.4, 0.5) is 11.4 Å². The number of nitrogens with one attached hydrogen (secondary N) is 1. The zero-order valence-electron chi connectivity index (χ0n) is 16.8. The number of halogens is 2. The predicted molar refractivity (Wildman–Crippen MR) is 131 cm³/mol. The maximum Gasteiger partial charge on any atom is 0.269 e. The maximum absolute atomic E-state index is 12.3. The standard InChI is InChI=1S/C23H15Cl2N3O4S/c24-16-4-6-17(7-5-16)26-23-27-22(29)21(33-23)12-15-3-10-20(19(25)11-15)32-13-14-1-8-18(9-2-14)28(30)31/h1-12H,13H2,(H,26,27,29)/b21-12-. The number of thioether (sulfide) groups is 1. The van der Waals surface area contributed by atoms with Crippen molar-refractivity contribution in [2.45, 2.75) is 6.61 Å². The molecule has 1 heterocycles. The molecule has 0 aromatic heterocycles. The van der Waals surface area contributed by atoms with E-state index in [1.54, 1.807) is 60.7 Å². The van der Waals surface area contributed by atoms with Crippen LogP contribution < -0.4 is 10.1 Å². The minimum Gasteiger partial charge on any atom is -0.487 e. The molecule has 0 atom stereocenters. The summed E-state index contributed by atoms with van der Waals surface area (Å²) in [6.07, 6.45) is 1.72. The van der Waals surface area contributed by atoms with Crippen molar-refractivity contribution < 1.29 is 14.5 Å². The molecule has 1 aliphatic rings. The summed E-state index contributed by atoms with van der Waals surface area (Å²) in [5.74, 6) is 0.216. The summed E-state index contributed by atoms with van der Waals surface area (Å²) in [7, 11) is 0. The highest BCUT2D eigenvalue weighted by molar-refractivity contribution is 8.18. The van der Waals surface area contributed by atoms with E-state index in [-0.39, 0.29) is 18.2 Å². The first-order valence-electron chi connectivity index (χ1n) is 9.58. The molecule has 1 saturated heterocycles. The Hall–Kier alpha value is -3.33. The van der Waals surface area contributed by atoms with E-state index in [2.05, 4.69) is 10.3 Å². The highest BCUT2D eigenvalue weighted by atomic mass is 35.5. The summed E-state index contributed by atoms with van der Waals surface area (Å²) in [4.78, 5) is 27.5. The lowest BCUT2D eigenvalue weighted by Gasteiger charge is -2.09. The lowest BCUT2D eigenvalue weighted by molar-refractivity contribution is -0.384. The number of aliphatic imine (C=N–C) groups is 1. The number of amidine groups is 1. The minimum absolute atomic E-state index is 0.0179. The van der Waals surface area contributed by atoms with Crippen molar-refractivity contribution in [1.29, 1.82) is 0 Å². The topological polar surface area (TPSA) is 93.8 Å². The smallest absolute Gasteiger partial charge is 0.269 e. The molecule has 0 bridgehead atoms. The van der Waals surface area contributed by atoms with Gasteiger partial charge in [-0.3, -0.25) is 14.9 Å². The molecule has 0 spiro atoms. The normalized spacial score (nSPS) is 15.6. The lowest BCUT2D eigenvalue weighted by atomic mass is 10.2. The van der Waals surface area contributed by atoms with E-state index in [9.17, 15) is 14.9 Å². The highest BCUT2D eigenvalue weighted by Crippen LogP contribution is 2.31. The number of nitro benzene ring substituents is 1. The molecule has 3 aromatic rings. The molecular formula is C23H15Cl2N3O4S. The zero-order valence-corrected chi connectivity index (χ0v) is 19.2. The van der Waals surface area contributed by atoms with E-state index >= 15 is 0 Å². The summed E-state index contributed by atoms with van der Waals surface area (Å²) >= 11 is 13.5.